The zero-order chi connectivity index (χ0) is 18.8. The molecule has 0 aliphatic rings. The number of fused-ring (bicyclic) bond motifs is 1. The van der Waals surface area contributed by atoms with Gasteiger partial charge in [0, 0.05) is 11.6 Å². The zero-order valence-corrected chi connectivity index (χ0v) is 15.0. The van der Waals surface area contributed by atoms with Gasteiger partial charge in [0.05, 0.1) is 11.4 Å². The van der Waals surface area contributed by atoms with Crippen LogP contribution in [0.25, 0.3) is 28.2 Å². The number of aromatic nitrogens is 3. The maximum atomic E-state index is 4.82. The van der Waals surface area contributed by atoms with Crippen LogP contribution in [0.4, 0.5) is 11.5 Å². The molecule has 0 aliphatic heterocycles. The molecular weight excluding hydrogens is 346 g/mol. The van der Waals surface area contributed by atoms with Crippen LogP contribution in [0.15, 0.2) is 107 Å². The molecule has 0 saturated heterocycles. The predicted octanol–water partition coefficient (Wildman–Crippen LogP) is 6.41. The molecule has 2 aromatic heterocycles. The number of benzene rings is 3. The second kappa shape index (κ2) is 6.96. The molecule has 0 atom stereocenters. The Morgan fingerprint density at radius 3 is 1.96 bits per heavy atom. The first-order valence-electron chi connectivity index (χ1n) is 9.07. The van der Waals surface area contributed by atoms with Crippen molar-refractivity contribution in [1.82, 2.24) is 14.6 Å². The minimum Gasteiger partial charge on any atom is -0.290 e. The molecule has 28 heavy (non-hydrogen) atoms. The number of azo groups is 1. The van der Waals surface area contributed by atoms with Gasteiger partial charge in [-0.25, -0.2) is 9.50 Å². The third-order valence-corrected chi connectivity index (χ3v) is 4.53. The summed E-state index contributed by atoms with van der Waals surface area (Å²) in [7, 11) is 0. The summed E-state index contributed by atoms with van der Waals surface area (Å²) in [6.07, 6.45) is 0. The van der Waals surface area contributed by atoms with Gasteiger partial charge in [0.1, 0.15) is 5.69 Å². The van der Waals surface area contributed by atoms with E-state index in [1.807, 2.05) is 89.4 Å². The molecule has 1 N–H and O–H groups in total. The highest BCUT2D eigenvalue weighted by molar-refractivity contribution is 5.76. The Morgan fingerprint density at radius 1 is 0.679 bits per heavy atom. The van der Waals surface area contributed by atoms with Crippen molar-refractivity contribution in [1.29, 1.82) is 0 Å². The van der Waals surface area contributed by atoms with Crippen LogP contribution >= 0.6 is 0 Å². The lowest BCUT2D eigenvalue weighted by Crippen LogP contribution is -1.85. The second-order valence-electron chi connectivity index (χ2n) is 6.42. The van der Waals surface area contributed by atoms with E-state index in [4.69, 9.17) is 4.98 Å². The molecule has 5 rings (SSSR count). The molecule has 0 saturated carbocycles. The molecular formula is C23H17N5. The fourth-order valence-corrected chi connectivity index (χ4v) is 3.16. The number of hydrogen-bond donors (Lipinski definition) is 1. The van der Waals surface area contributed by atoms with Gasteiger partial charge in [-0.05, 0) is 17.7 Å². The summed E-state index contributed by atoms with van der Waals surface area (Å²) in [5.74, 6) is 0.673. The van der Waals surface area contributed by atoms with Gasteiger partial charge in [-0.3, -0.25) is 5.10 Å². The Labute approximate surface area is 162 Å². The molecule has 134 valence electrons. The topological polar surface area (TPSA) is 57.8 Å². The molecule has 0 bridgehead atoms. The molecule has 3 aromatic carbocycles. The largest absolute Gasteiger partial charge is 0.290 e. The summed E-state index contributed by atoms with van der Waals surface area (Å²) >= 11 is 0. The number of nitrogens with one attached hydrogen (secondary N) is 1. The molecule has 0 unspecified atom stereocenters. The highest BCUT2D eigenvalue weighted by atomic mass is 15.3. The van der Waals surface area contributed by atoms with E-state index in [0.717, 1.165) is 33.8 Å². The van der Waals surface area contributed by atoms with Gasteiger partial charge in [-0.1, -0.05) is 78.9 Å². The molecule has 0 aliphatic carbocycles. The summed E-state index contributed by atoms with van der Waals surface area (Å²) in [6.45, 7) is 0. The number of aromatic amines is 1. The van der Waals surface area contributed by atoms with E-state index in [-0.39, 0.29) is 0 Å². The van der Waals surface area contributed by atoms with Crippen LogP contribution in [0.3, 0.4) is 0 Å². The molecule has 5 heteroatoms. The summed E-state index contributed by atoms with van der Waals surface area (Å²) in [6, 6.07) is 31.9. The van der Waals surface area contributed by atoms with E-state index in [2.05, 4.69) is 27.5 Å². The van der Waals surface area contributed by atoms with Gasteiger partial charge in [0.25, 0.3) is 0 Å². The number of rotatable bonds is 4. The number of nitrogens with zero attached hydrogens (tertiary/aromatic N) is 4. The Kier molecular flexibility index (Phi) is 4.03. The van der Waals surface area contributed by atoms with Crippen molar-refractivity contribution < 1.29 is 0 Å². The van der Waals surface area contributed by atoms with Crippen LogP contribution in [0.2, 0.25) is 0 Å². The van der Waals surface area contributed by atoms with Gasteiger partial charge in [0.15, 0.2) is 5.65 Å². The molecule has 0 fully saturated rings. The number of imidazole rings is 1. The van der Waals surface area contributed by atoms with Gasteiger partial charge in [0.2, 0.25) is 5.82 Å². The number of H-pyrrole nitrogens is 1. The van der Waals surface area contributed by atoms with Crippen molar-refractivity contribution in [3.8, 4) is 22.5 Å². The monoisotopic (exact) mass is 363 g/mol. The lowest BCUT2D eigenvalue weighted by Gasteiger charge is -2.00. The minimum absolute atomic E-state index is 0.673. The van der Waals surface area contributed by atoms with E-state index >= 15 is 0 Å². The first-order valence-corrected chi connectivity index (χ1v) is 9.07. The van der Waals surface area contributed by atoms with Crippen molar-refractivity contribution in [3.05, 3.63) is 97.1 Å². The van der Waals surface area contributed by atoms with Crippen LogP contribution in [-0.2, 0) is 0 Å². The molecule has 0 amide bonds. The standard InChI is InChI=1S/C23H17N5/c1-4-10-17(11-5-1)20-16-21-24-22(18-12-6-2-7-13-18)23(28(21)27-20)26-25-19-14-8-3-9-15-19/h1-16,27H. The summed E-state index contributed by atoms with van der Waals surface area (Å²) in [5, 5.41) is 12.4. The third-order valence-electron chi connectivity index (χ3n) is 4.53. The predicted molar refractivity (Wildman–Crippen MR) is 111 cm³/mol. The van der Waals surface area contributed by atoms with Crippen LogP contribution in [0.5, 0.6) is 0 Å². The second-order valence-corrected chi connectivity index (χ2v) is 6.42. The molecule has 2 heterocycles. The highest BCUT2D eigenvalue weighted by Gasteiger charge is 2.16. The van der Waals surface area contributed by atoms with E-state index in [9.17, 15) is 0 Å². The van der Waals surface area contributed by atoms with Crippen molar-refractivity contribution in [2.75, 3.05) is 0 Å². The summed E-state index contributed by atoms with van der Waals surface area (Å²) < 4.78 is 1.89. The van der Waals surface area contributed by atoms with Crippen molar-refractivity contribution in [3.63, 3.8) is 0 Å². The van der Waals surface area contributed by atoms with Crippen molar-refractivity contribution in [2.45, 2.75) is 0 Å². The van der Waals surface area contributed by atoms with Gasteiger partial charge in [-0.15, -0.1) is 10.2 Å². The van der Waals surface area contributed by atoms with Crippen LogP contribution in [0, 0.1) is 0 Å². The molecule has 0 radical (unpaired) electrons. The first kappa shape index (κ1) is 16.2. The Morgan fingerprint density at radius 2 is 1.29 bits per heavy atom. The average molecular weight is 363 g/mol. The van der Waals surface area contributed by atoms with E-state index in [1.165, 1.54) is 0 Å². The van der Waals surface area contributed by atoms with Crippen molar-refractivity contribution >= 4 is 17.2 Å². The van der Waals surface area contributed by atoms with E-state index < -0.39 is 0 Å². The average Bonchev–Trinajstić information content (AvgIpc) is 3.33. The fourth-order valence-electron chi connectivity index (χ4n) is 3.16. The first-order chi connectivity index (χ1) is 13.9. The van der Waals surface area contributed by atoms with Crippen LogP contribution in [-0.4, -0.2) is 14.6 Å². The Hall–Kier alpha value is -3.99. The molecule has 5 nitrogen and oxygen atoms in total. The smallest absolute Gasteiger partial charge is 0.202 e. The lowest BCUT2D eigenvalue weighted by atomic mass is 10.1. The van der Waals surface area contributed by atoms with E-state index in [0.29, 0.717) is 5.82 Å². The quantitative estimate of drug-likeness (QED) is 0.368. The summed E-state index contributed by atoms with van der Waals surface area (Å²) in [5.41, 5.74) is 5.49. The van der Waals surface area contributed by atoms with Gasteiger partial charge < -0.3 is 0 Å². The van der Waals surface area contributed by atoms with Crippen LogP contribution < -0.4 is 0 Å². The van der Waals surface area contributed by atoms with Gasteiger partial charge >= 0.3 is 0 Å². The SMILES string of the molecule is c1ccc(N=Nc2c(-c3ccccc3)nc3cc(-c4ccccc4)[nH]n23)cc1. The zero-order valence-electron chi connectivity index (χ0n) is 15.0. The molecule has 0 spiro atoms. The van der Waals surface area contributed by atoms with Gasteiger partial charge in [-0.2, -0.15) is 0 Å². The van der Waals surface area contributed by atoms with E-state index in [1.54, 1.807) is 0 Å². The van der Waals surface area contributed by atoms with Crippen molar-refractivity contribution in [2.24, 2.45) is 10.2 Å². The molecule has 5 aromatic rings. The maximum absolute atomic E-state index is 4.82. The fraction of sp³-hybridized carbons (Fsp3) is 0. The highest BCUT2D eigenvalue weighted by Crippen LogP contribution is 2.33. The normalized spacial score (nSPS) is 11.4. The third kappa shape index (κ3) is 2.99. The number of hydrogen-bond acceptors (Lipinski definition) is 3. The summed E-state index contributed by atoms with van der Waals surface area (Å²) in [4.78, 5) is 4.82. The van der Waals surface area contributed by atoms with Crippen LogP contribution in [0.1, 0.15) is 0 Å². The maximum Gasteiger partial charge on any atom is 0.202 e. The lowest BCUT2D eigenvalue weighted by molar-refractivity contribution is 0.957. The minimum atomic E-state index is 0.673. The Bertz CT molecular complexity index is 1240. The Balaban J connectivity index is 1.66.